The molecule has 0 aliphatic rings. The van der Waals surface area contributed by atoms with Gasteiger partial charge in [-0.15, -0.1) is 0 Å². The van der Waals surface area contributed by atoms with Crippen molar-refractivity contribution in [2.45, 2.75) is 13.8 Å². The quantitative estimate of drug-likeness (QED) is 0.190. The Labute approximate surface area is 224 Å². The average molecular weight is 497 g/mol. The van der Waals surface area contributed by atoms with Crippen LogP contribution in [0.4, 0.5) is 0 Å². The Morgan fingerprint density at radius 3 is 1.21 bits per heavy atom. The van der Waals surface area contributed by atoms with Crippen LogP contribution in [0.25, 0.3) is 86.6 Å². The zero-order valence-electron chi connectivity index (χ0n) is 21.8. The number of aryl methyl sites for hydroxylation is 2. The molecule has 1 heteroatoms. The van der Waals surface area contributed by atoms with Gasteiger partial charge in [0, 0.05) is 21.5 Å². The van der Waals surface area contributed by atoms with E-state index in [0.29, 0.717) is 0 Å². The molecule has 0 aliphatic heterocycles. The first-order valence-electron chi connectivity index (χ1n) is 13.6. The number of rotatable bonds is 0. The Bertz CT molecular complexity index is 2330. The number of hydrogen-bond acceptors (Lipinski definition) is 1. The van der Waals surface area contributed by atoms with Gasteiger partial charge >= 0.3 is 0 Å². The molecule has 1 heterocycles. The molecule has 9 aromatic rings. The predicted octanol–water partition coefficient (Wildman–Crippen LogP) is 11.1. The van der Waals surface area contributed by atoms with Crippen LogP contribution in [0.1, 0.15) is 11.1 Å². The van der Waals surface area contributed by atoms with Gasteiger partial charge in [0.05, 0.1) is 0 Å². The van der Waals surface area contributed by atoms with E-state index in [2.05, 4.69) is 123 Å². The van der Waals surface area contributed by atoms with Gasteiger partial charge < -0.3 is 4.42 Å². The van der Waals surface area contributed by atoms with E-state index in [1.165, 1.54) is 86.5 Å². The van der Waals surface area contributed by atoms with Crippen LogP contribution in [-0.4, -0.2) is 0 Å². The fraction of sp³-hybridized carbons (Fsp3) is 0.0526. The molecule has 0 atom stereocenters. The van der Waals surface area contributed by atoms with Gasteiger partial charge in [-0.05, 0) is 91.0 Å². The highest BCUT2D eigenvalue weighted by Gasteiger charge is 2.21. The Morgan fingerprint density at radius 2 is 0.744 bits per heavy atom. The van der Waals surface area contributed by atoms with Gasteiger partial charge in [0.25, 0.3) is 0 Å². The Morgan fingerprint density at radius 1 is 0.359 bits per heavy atom. The molecular weight excluding hydrogens is 472 g/mol. The van der Waals surface area contributed by atoms with Crippen molar-refractivity contribution in [2.75, 3.05) is 0 Å². The molecule has 0 bridgehead atoms. The van der Waals surface area contributed by atoms with E-state index in [1.54, 1.807) is 0 Å². The van der Waals surface area contributed by atoms with E-state index >= 15 is 0 Å². The van der Waals surface area contributed by atoms with Crippen LogP contribution in [0.5, 0.6) is 0 Å². The number of benzene rings is 8. The molecule has 0 saturated heterocycles. The SMILES string of the molecule is Cc1cc2ccc3ccc4ccccc4c3c2c2c1oc1c(C)cc3ccc4ccc5ccccc5c4c3c12. The number of furan rings is 1. The van der Waals surface area contributed by atoms with E-state index in [-0.39, 0.29) is 0 Å². The second-order valence-electron chi connectivity index (χ2n) is 11.0. The summed E-state index contributed by atoms with van der Waals surface area (Å²) in [7, 11) is 0. The first kappa shape index (κ1) is 21.1. The summed E-state index contributed by atoms with van der Waals surface area (Å²) >= 11 is 0. The van der Waals surface area contributed by atoms with Gasteiger partial charge in [-0.25, -0.2) is 0 Å². The van der Waals surface area contributed by atoms with Crippen LogP contribution in [0, 0.1) is 13.8 Å². The summed E-state index contributed by atoms with van der Waals surface area (Å²) in [6.07, 6.45) is 0. The molecule has 1 nitrogen and oxygen atoms in total. The molecule has 182 valence electrons. The van der Waals surface area contributed by atoms with E-state index in [9.17, 15) is 0 Å². The second kappa shape index (κ2) is 7.36. The molecule has 1 aromatic heterocycles. The Hall–Kier alpha value is -4.88. The third-order valence-electron chi connectivity index (χ3n) is 8.75. The normalized spacial score (nSPS) is 12.4. The van der Waals surface area contributed by atoms with Crippen molar-refractivity contribution in [2.24, 2.45) is 0 Å². The van der Waals surface area contributed by atoms with Crippen LogP contribution in [0.15, 0.2) is 114 Å². The molecule has 0 unspecified atom stereocenters. The molecule has 8 aromatic carbocycles. The predicted molar refractivity (Wildman–Crippen MR) is 168 cm³/mol. The topological polar surface area (TPSA) is 13.1 Å². The van der Waals surface area contributed by atoms with Crippen molar-refractivity contribution in [1.29, 1.82) is 0 Å². The van der Waals surface area contributed by atoms with Gasteiger partial charge in [-0.3, -0.25) is 0 Å². The first-order valence-corrected chi connectivity index (χ1v) is 13.6. The van der Waals surface area contributed by atoms with E-state index < -0.39 is 0 Å². The lowest BCUT2D eigenvalue weighted by molar-refractivity contribution is 0.663. The highest BCUT2D eigenvalue weighted by molar-refractivity contribution is 6.39. The molecule has 9 rings (SSSR count). The first-order chi connectivity index (χ1) is 19.2. The summed E-state index contributed by atoms with van der Waals surface area (Å²) in [6.45, 7) is 4.37. The lowest BCUT2D eigenvalue weighted by atomic mass is 9.89. The van der Waals surface area contributed by atoms with Gasteiger partial charge in [-0.1, -0.05) is 97.1 Å². The van der Waals surface area contributed by atoms with Gasteiger partial charge in [0.1, 0.15) is 11.2 Å². The largest absolute Gasteiger partial charge is 0.455 e. The summed E-state index contributed by atoms with van der Waals surface area (Å²) in [5.74, 6) is 0. The molecule has 0 radical (unpaired) electrons. The number of hydrogen-bond donors (Lipinski definition) is 0. The third kappa shape index (κ3) is 2.69. The fourth-order valence-corrected chi connectivity index (χ4v) is 7.07. The minimum absolute atomic E-state index is 0.991. The molecule has 39 heavy (non-hydrogen) atoms. The minimum atomic E-state index is 0.991. The Kier molecular flexibility index (Phi) is 3.98. The molecule has 0 fully saturated rings. The summed E-state index contributed by atoms with van der Waals surface area (Å²) < 4.78 is 6.85. The molecule has 0 N–H and O–H groups in total. The maximum absolute atomic E-state index is 6.85. The zero-order valence-corrected chi connectivity index (χ0v) is 21.8. The van der Waals surface area contributed by atoms with Crippen LogP contribution in [0.3, 0.4) is 0 Å². The molecule has 0 amide bonds. The minimum Gasteiger partial charge on any atom is -0.455 e. The van der Waals surface area contributed by atoms with Crippen molar-refractivity contribution in [3.8, 4) is 0 Å². The molecule has 0 spiro atoms. The summed E-state index contributed by atoms with van der Waals surface area (Å²) in [6, 6.07) is 40.2. The van der Waals surface area contributed by atoms with Gasteiger partial charge in [0.2, 0.25) is 0 Å². The van der Waals surface area contributed by atoms with Crippen molar-refractivity contribution in [1.82, 2.24) is 0 Å². The lowest BCUT2D eigenvalue weighted by Gasteiger charge is -2.13. The van der Waals surface area contributed by atoms with E-state index in [1.807, 2.05) is 0 Å². The highest BCUT2D eigenvalue weighted by atomic mass is 16.3. The van der Waals surface area contributed by atoms with Crippen LogP contribution in [-0.2, 0) is 0 Å². The highest BCUT2D eigenvalue weighted by Crippen LogP contribution is 2.47. The summed E-state index contributed by atoms with van der Waals surface area (Å²) in [5.41, 5.74) is 4.33. The monoisotopic (exact) mass is 496 g/mol. The summed E-state index contributed by atoms with van der Waals surface area (Å²) in [5, 5.41) is 17.8. The van der Waals surface area contributed by atoms with Crippen LogP contribution >= 0.6 is 0 Å². The molecule has 0 saturated carbocycles. The van der Waals surface area contributed by atoms with Crippen molar-refractivity contribution < 1.29 is 4.42 Å². The molecular formula is C38H24O. The summed E-state index contributed by atoms with van der Waals surface area (Å²) in [4.78, 5) is 0. The van der Waals surface area contributed by atoms with Crippen molar-refractivity contribution in [3.05, 3.63) is 120 Å². The van der Waals surface area contributed by atoms with E-state index in [4.69, 9.17) is 4.42 Å². The zero-order chi connectivity index (χ0) is 25.8. The standard InChI is InChI=1S/C38H24O/c1-21-19-27-17-15-25-13-11-23-7-3-5-9-29(23)31(25)33(27)35-36-34-28(20-22(2)38(36)39-37(21)35)18-16-26-14-12-24-8-4-6-10-30(24)32(26)34/h3-20H,1-2H3. The average Bonchev–Trinajstić information content (AvgIpc) is 3.39. The van der Waals surface area contributed by atoms with Crippen LogP contribution < -0.4 is 0 Å². The Balaban J connectivity index is 1.69. The van der Waals surface area contributed by atoms with Gasteiger partial charge in [-0.2, -0.15) is 0 Å². The maximum Gasteiger partial charge on any atom is 0.139 e. The van der Waals surface area contributed by atoms with E-state index in [0.717, 1.165) is 11.2 Å². The van der Waals surface area contributed by atoms with Crippen LogP contribution in [0.2, 0.25) is 0 Å². The van der Waals surface area contributed by atoms with Crippen molar-refractivity contribution >= 4 is 86.6 Å². The second-order valence-corrected chi connectivity index (χ2v) is 11.0. The number of fused-ring (bicyclic) bond motifs is 15. The van der Waals surface area contributed by atoms with Gasteiger partial charge in [0.15, 0.2) is 0 Å². The third-order valence-corrected chi connectivity index (χ3v) is 8.75. The molecule has 0 aliphatic carbocycles. The maximum atomic E-state index is 6.85. The smallest absolute Gasteiger partial charge is 0.139 e. The lowest BCUT2D eigenvalue weighted by Crippen LogP contribution is -1.86. The fourth-order valence-electron chi connectivity index (χ4n) is 7.07. The van der Waals surface area contributed by atoms with Crippen molar-refractivity contribution in [3.63, 3.8) is 0 Å².